The highest BCUT2D eigenvalue weighted by Gasteiger charge is 2.28. The van der Waals surface area contributed by atoms with Crippen molar-refractivity contribution in [1.82, 2.24) is 9.80 Å². The molecule has 6 nitrogen and oxygen atoms in total. The van der Waals surface area contributed by atoms with Gasteiger partial charge in [0.05, 0.1) is 19.8 Å². The third-order valence-corrected chi connectivity index (χ3v) is 5.78. The van der Waals surface area contributed by atoms with Crippen LogP contribution >= 0.6 is 12.4 Å². The Morgan fingerprint density at radius 2 is 1.68 bits per heavy atom. The Morgan fingerprint density at radius 3 is 2.29 bits per heavy atom. The molecule has 1 aliphatic heterocycles. The number of carbonyl (C=O) groups excluding carboxylic acids is 2. The summed E-state index contributed by atoms with van der Waals surface area (Å²) in [6.45, 7) is 3.44. The zero-order valence-electron chi connectivity index (χ0n) is 16.8. The predicted octanol–water partition coefficient (Wildman–Crippen LogP) is 3.18. The molecule has 1 saturated carbocycles. The van der Waals surface area contributed by atoms with Gasteiger partial charge in [-0.2, -0.15) is 0 Å². The quantitative estimate of drug-likeness (QED) is 0.646. The van der Waals surface area contributed by atoms with E-state index in [0.29, 0.717) is 23.1 Å². The molecule has 1 aromatic carbocycles. The van der Waals surface area contributed by atoms with Crippen molar-refractivity contribution >= 4 is 24.1 Å². The van der Waals surface area contributed by atoms with E-state index in [1.54, 1.807) is 25.3 Å². The monoisotopic (exact) mass is 410 g/mol. The minimum Gasteiger partial charge on any atom is -0.497 e. The maximum atomic E-state index is 12.6. The van der Waals surface area contributed by atoms with Crippen LogP contribution in [0.5, 0.6) is 11.5 Å². The van der Waals surface area contributed by atoms with Crippen molar-refractivity contribution in [3.05, 3.63) is 23.8 Å². The number of methoxy groups -OCH3 is 2. The minimum absolute atomic E-state index is 0. The molecule has 156 valence electrons. The van der Waals surface area contributed by atoms with Gasteiger partial charge in [-0.05, 0) is 31.0 Å². The van der Waals surface area contributed by atoms with Gasteiger partial charge in [0, 0.05) is 45.1 Å². The number of benzene rings is 1. The third-order valence-electron chi connectivity index (χ3n) is 5.78. The summed E-state index contributed by atoms with van der Waals surface area (Å²) in [5.74, 6) is 1.09. The number of hydrogen-bond acceptors (Lipinski definition) is 5. The first-order chi connectivity index (χ1) is 13.1. The number of ether oxygens (including phenoxy) is 2. The second-order valence-electron chi connectivity index (χ2n) is 7.34. The number of nitrogens with zero attached hydrogens (tertiary/aromatic N) is 2. The Kier molecular flexibility index (Phi) is 8.58. The molecule has 0 atom stereocenters. The van der Waals surface area contributed by atoms with Crippen LogP contribution in [0.4, 0.5) is 0 Å². The number of amides is 1. The van der Waals surface area contributed by atoms with E-state index in [2.05, 4.69) is 4.90 Å². The number of rotatable bonds is 7. The van der Waals surface area contributed by atoms with Crippen molar-refractivity contribution in [2.75, 3.05) is 40.4 Å². The molecule has 3 rings (SSSR count). The van der Waals surface area contributed by atoms with Crippen LogP contribution in [-0.2, 0) is 4.79 Å². The molecular weight excluding hydrogens is 380 g/mol. The van der Waals surface area contributed by atoms with E-state index >= 15 is 0 Å². The molecule has 2 fully saturated rings. The first-order valence-electron chi connectivity index (χ1n) is 9.89. The van der Waals surface area contributed by atoms with E-state index < -0.39 is 0 Å². The molecule has 0 N–H and O–H groups in total. The maximum Gasteiger partial charge on any atom is 0.223 e. The van der Waals surface area contributed by atoms with Gasteiger partial charge < -0.3 is 14.4 Å². The van der Waals surface area contributed by atoms with E-state index in [0.717, 1.165) is 26.2 Å². The van der Waals surface area contributed by atoms with Gasteiger partial charge in [0.15, 0.2) is 5.78 Å². The van der Waals surface area contributed by atoms with Crippen molar-refractivity contribution in [1.29, 1.82) is 0 Å². The summed E-state index contributed by atoms with van der Waals surface area (Å²) in [5, 5.41) is 0. The average Bonchev–Trinajstić information content (AvgIpc) is 3.26. The molecular formula is C21H31ClN2O4. The molecule has 28 heavy (non-hydrogen) atoms. The van der Waals surface area contributed by atoms with Gasteiger partial charge in [-0.15, -0.1) is 12.4 Å². The summed E-state index contributed by atoms with van der Waals surface area (Å²) < 4.78 is 10.5. The highest BCUT2D eigenvalue weighted by molar-refractivity contribution is 6.00. The highest BCUT2D eigenvalue weighted by atomic mass is 35.5. The average molecular weight is 411 g/mol. The molecule has 0 aromatic heterocycles. The minimum atomic E-state index is -0.0938. The van der Waals surface area contributed by atoms with Crippen molar-refractivity contribution in [2.45, 2.75) is 44.6 Å². The molecule has 0 bridgehead atoms. The van der Waals surface area contributed by atoms with Crippen LogP contribution in [0.1, 0.15) is 48.9 Å². The van der Waals surface area contributed by atoms with Gasteiger partial charge in [-0.1, -0.05) is 12.8 Å². The van der Waals surface area contributed by atoms with Crippen LogP contribution in [0.3, 0.4) is 0 Å². The molecule has 0 unspecified atom stereocenters. The van der Waals surface area contributed by atoms with E-state index in [4.69, 9.17) is 9.47 Å². The van der Waals surface area contributed by atoms with Crippen molar-refractivity contribution in [3.63, 3.8) is 0 Å². The number of carbonyl (C=O) groups is 2. The van der Waals surface area contributed by atoms with Crippen LogP contribution in [0.25, 0.3) is 0 Å². The van der Waals surface area contributed by atoms with Crippen LogP contribution in [0.15, 0.2) is 18.2 Å². The smallest absolute Gasteiger partial charge is 0.223 e. The van der Waals surface area contributed by atoms with Crippen LogP contribution in [-0.4, -0.2) is 67.9 Å². The normalized spacial score (nSPS) is 17.9. The Labute approximate surface area is 173 Å². The predicted molar refractivity (Wildman–Crippen MR) is 111 cm³/mol. The topological polar surface area (TPSA) is 59.1 Å². The molecule has 7 heteroatoms. The molecule has 1 amide bonds. The van der Waals surface area contributed by atoms with Gasteiger partial charge in [0.25, 0.3) is 0 Å². The second kappa shape index (κ2) is 10.7. The van der Waals surface area contributed by atoms with E-state index in [1.807, 2.05) is 4.90 Å². The van der Waals surface area contributed by atoms with Crippen LogP contribution in [0.2, 0.25) is 0 Å². The summed E-state index contributed by atoms with van der Waals surface area (Å²) in [4.78, 5) is 29.6. The molecule has 0 radical (unpaired) electrons. The van der Waals surface area contributed by atoms with E-state index in [1.165, 1.54) is 32.8 Å². The standard InChI is InChI=1S/C21H30N2O4.ClH/c1-26-17-7-9-20(27-2)18(15-17)19(24)8-10-21(25)23-13-11-22(12-14-23)16-5-3-4-6-16;/h7,9,15-16H,3-6,8,10-14H2,1-2H3;1H. The fourth-order valence-electron chi connectivity index (χ4n) is 4.15. The summed E-state index contributed by atoms with van der Waals surface area (Å²) in [6.07, 6.45) is 5.68. The molecule has 1 aromatic rings. The van der Waals surface area contributed by atoms with Gasteiger partial charge in [0.1, 0.15) is 11.5 Å². The summed E-state index contributed by atoms with van der Waals surface area (Å²) in [7, 11) is 3.10. The fraction of sp³-hybridized carbons (Fsp3) is 0.619. The van der Waals surface area contributed by atoms with Gasteiger partial charge >= 0.3 is 0 Å². The number of ketones is 1. The summed E-state index contributed by atoms with van der Waals surface area (Å²) in [5.41, 5.74) is 0.468. The molecule has 1 heterocycles. The number of piperazine rings is 1. The molecule has 0 spiro atoms. The first kappa shape index (κ1) is 22.5. The zero-order chi connectivity index (χ0) is 19.2. The second-order valence-corrected chi connectivity index (χ2v) is 7.34. The molecule has 1 aliphatic carbocycles. The lowest BCUT2D eigenvalue weighted by Gasteiger charge is -2.38. The third kappa shape index (κ3) is 5.39. The summed E-state index contributed by atoms with van der Waals surface area (Å²) in [6, 6.07) is 5.86. The number of Topliss-reactive ketones (excluding diaryl/α,β-unsaturated/α-hetero) is 1. The lowest BCUT2D eigenvalue weighted by molar-refractivity contribution is -0.133. The van der Waals surface area contributed by atoms with Gasteiger partial charge in [-0.3, -0.25) is 14.5 Å². The van der Waals surface area contributed by atoms with Gasteiger partial charge in [0.2, 0.25) is 5.91 Å². The van der Waals surface area contributed by atoms with Crippen molar-refractivity contribution < 1.29 is 19.1 Å². The lowest BCUT2D eigenvalue weighted by Crippen LogP contribution is -2.51. The van der Waals surface area contributed by atoms with Gasteiger partial charge in [-0.25, -0.2) is 0 Å². The van der Waals surface area contributed by atoms with Crippen LogP contribution in [0, 0.1) is 0 Å². The summed E-state index contributed by atoms with van der Waals surface area (Å²) >= 11 is 0. The Morgan fingerprint density at radius 1 is 1.00 bits per heavy atom. The highest BCUT2D eigenvalue weighted by Crippen LogP contribution is 2.26. The SMILES string of the molecule is COc1ccc(OC)c(C(=O)CCC(=O)N2CCN(C3CCCC3)CC2)c1.Cl. The van der Waals surface area contributed by atoms with E-state index in [9.17, 15) is 9.59 Å². The number of halogens is 1. The Balaban J connectivity index is 0.00000280. The number of hydrogen-bond donors (Lipinski definition) is 0. The maximum absolute atomic E-state index is 12.6. The first-order valence-corrected chi connectivity index (χ1v) is 9.89. The van der Waals surface area contributed by atoms with E-state index in [-0.39, 0.29) is 36.9 Å². The Bertz CT molecular complexity index is 668. The molecule has 2 aliphatic rings. The largest absolute Gasteiger partial charge is 0.497 e. The van der Waals surface area contributed by atoms with Crippen molar-refractivity contribution in [3.8, 4) is 11.5 Å². The Hall–Kier alpha value is -1.79. The fourth-order valence-corrected chi connectivity index (χ4v) is 4.15. The van der Waals surface area contributed by atoms with Crippen molar-refractivity contribution in [2.24, 2.45) is 0 Å². The lowest BCUT2D eigenvalue weighted by atomic mass is 10.0. The molecule has 1 saturated heterocycles. The zero-order valence-corrected chi connectivity index (χ0v) is 17.6. The van der Waals surface area contributed by atoms with Crippen LogP contribution < -0.4 is 9.47 Å².